The summed E-state index contributed by atoms with van der Waals surface area (Å²) in [5.41, 5.74) is 1.72. The molecule has 0 heterocycles. The van der Waals surface area contributed by atoms with E-state index >= 15 is 0 Å². The van der Waals surface area contributed by atoms with Gasteiger partial charge in [-0.05, 0) is 16.9 Å². The van der Waals surface area contributed by atoms with Gasteiger partial charge in [-0.15, -0.1) is 0 Å². The summed E-state index contributed by atoms with van der Waals surface area (Å²) in [6.45, 7) is 9.14. The fourth-order valence-electron chi connectivity index (χ4n) is 1.20. The third-order valence-corrected chi connectivity index (χ3v) is 2.96. The van der Waals surface area contributed by atoms with Crippen molar-refractivity contribution in [3.63, 3.8) is 0 Å². The van der Waals surface area contributed by atoms with Crippen LogP contribution in [0, 0.1) is 5.92 Å². The molecule has 1 aromatic carbocycles. The van der Waals surface area contributed by atoms with Crippen molar-refractivity contribution in [2.75, 3.05) is 0 Å². The molecule has 0 bridgehead atoms. The molecule has 0 aromatic heterocycles. The third-order valence-electron chi connectivity index (χ3n) is 2.96. The molecule has 0 radical (unpaired) electrons. The molecule has 0 nitrogen and oxygen atoms in total. The Morgan fingerprint density at radius 2 is 1.46 bits per heavy atom. The van der Waals surface area contributed by atoms with Crippen LogP contribution in [-0.2, 0) is 5.41 Å². The standard InChI is InChI=1S/C12H18.Al.3H/c1-10(2)12(3,4)11-8-6-5-7-9-11;;;;/h5-10H,1-4H3;;;;. The fourth-order valence-corrected chi connectivity index (χ4v) is 1.20. The molecule has 1 aromatic rings. The fraction of sp³-hybridized carbons (Fsp3) is 0.500. The molecule has 0 amide bonds. The van der Waals surface area contributed by atoms with Crippen LogP contribution in [0.15, 0.2) is 30.3 Å². The van der Waals surface area contributed by atoms with Crippen LogP contribution >= 0.6 is 0 Å². The Labute approximate surface area is 92.5 Å². The molecule has 0 saturated carbocycles. The van der Waals surface area contributed by atoms with E-state index in [0.717, 1.165) is 0 Å². The summed E-state index contributed by atoms with van der Waals surface area (Å²) < 4.78 is 0. The molecule has 0 aliphatic rings. The Kier molecular flexibility index (Phi) is 4.75. The van der Waals surface area contributed by atoms with Crippen molar-refractivity contribution in [2.45, 2.75) is 33.1 Å². The summed E-state index contributed by atoms with van der Waals surface area (Å²) in [6, 6.07) is 10.7. The van der Waals surface area contributed by atoms with Gasteiger partial charge in [0, 0.05) is 0 Å². The zero-order valence-corrected chi connectivity index (χ0v) is 8.46. The quantitative estimate of drug-likeness (QED) is 0.631. The highest BCUT2D eigenvalue weighted by atomic mass is 27.0. The molecule has 0 aliphatic heterocycles. The molecule has 0 atom stereocenters. The second-order valence-electron chi connectivity index (χ2n) is 4.24. The van der Waals surface area contributed by atoms with Crippen molar-refractivity contribution in [1.29, 1.82) is 0 Å². The maximum atomic E-state index is 2.30. The largest absolute Gasteiger partial charge is 0.187 e. The molecule has 0 N–H and O–H groups in total. The van der Waals surface area contributed by atoms with E-state index in [-0.39, 0.29) is 17.4 Å². The molecule has 1 rings (SSSR count). The van der Waals surface area contributed by atoms with Gasteiger partial charge in [-0.2, -0.15) is 0 Å². The second kappa shape index (κ2) is 4.84. The van der Waals surface area contributed by atoms with E-state index in [0.29, 0.717) is 11.3 Å². The van der Waals surface area contributed by atoms with Crippen LogP contribution in [0.1, 0.15) is 33.3 Å². The van der Waals surface area contributed by atoms with Crippen molar-refractivity contribution < 1.29 is 0 Å². The summed E-state index contributed by atoms with van der Waals surface area (Å²) in [4.78, 5) is 0. The van der Waals surface area contributed by atoms with Crippen molar-refractivity contribution in [1.82, 2.24) is 0 Å². The molecule has 13 heavy (non-hydrogen) atoms. The summed E-state index contributed by atoms with van der Waals surface area (Å²) >= 11 is 0. The number of benzene rings is 1. The van der Waals surface area contributed by atoms with Crippen molar-refractivity contribution in [3.8, 4) is 0 Å². The smallest absolute Gasteiger partial charge is 0.0622 e. The first-order chi connectivity index (χ1) is 5.55. The maximum Gasteiger partial charge on any atom is 0.187 e. The zero-order valence-electron chi connectivity index (χ0n) is 8.46. The number of hydrogen-bond acceptors (Lipinski definition) is 0. The molecular formula is C12H21Al. The summed E-state index contributed by atoms with van der Waals surface area (Å²) in [7, 11) is 0. The molecule has 0 saturated heterocycles. The summed E-state index contributed by atoms with van der Waals surface area (Å²) in [5, 5.41) is 0. The van der Waals surface area contributed by atoms with Crippen LogP contribution in [0.2, 0.25) is 0 Å². The van der Waals surface area contributed by atoms with Gasteiger partial charge in [0.15, 0.2) is 17.4 Å². The van der Waals surface area contributed by atoms with Gasteiger partial charge in [0.05, 0.1) is 0 Å². The second-order valence-corrected chi connectivity index (χ2v) is 4.24. The maximum absolute atomic E-state index is 2.30. The molecule has 0 aliphatic carbocycles. The van der Waals surface area contributed by atoms with Crippen molar-refractivity contribution in [3.05, 3.63) is 35.9 Å². The van der Waals surface area contributed by atoms with Crippen LogP contribution in [-0.4, -0.2) is 17.4 Å². The molecule has 0 spiro atoms. The minimum absolute atomic E-state index is 0. The van der Waals surface area contributed by atoms with E-state index in [2.05, 4.69) is 58.0 Å². The van der Waals surface area contributed by atoms with E-state index in [4.69, 9.17) is 0 Å². The Bertz CT molecular complexity index is 237. The third kappa shape index (κ3) is 2.86. The van der Waals surface area contributed by atoms with E-state index in [1.807, 2.05) is 0 Å². The lowest BCUT2D eigenvalue weighted by molar-refractivity contribution is 0.372. The van der Waals surface area contributed by atoms with Gasteiger partial charge in [-0.1, -0.05) is 58.0 Å². The van der Waals surface area contributed by atoms with Crippen LogP contribution in [0.5, 0.6) is 0 Å². The molecule has 1 heteroatoms. The SMILES string of the molecule is CC(C)C(C)(C)c1ccccc1.[AlH3]. The lowest BCUT2D eigenvalue weighted by Gasteiger charge is -2.29. The van der Waals surface area contributed by atoms with Gasteiger partial charge in [0.2, 0.25) is 0 Å². The van der Waals surface area contributed by atoms with Crippen LogP contribution in [0.4, 0.5) is 0 Å². The van der Waals surface area contributed by atoms with Crippen LogP contribution in [0.3, 0.4) is 0 Å². The minimum atomic E-state index is 0. The predicted molar refractivity (Wildman–Crippen MR) is 64.2 cm³/mol. The van der Waals surface area contributed by atoms with Gasteiger partial charge < -0.3 is 0 Å². The molecule has 72 valence electrons. The van der Waals surface area contributed by atoms with Crippen molar-refractivity contribution >= 4 is 17.4 Å². The van der Waals surface area contributed by atoms with Gasteiger partial charge in [-0.3, -0.25) is 0 Å². The Morgan fingerprint density at radius 1 is 1.00 bits per heavy atom. The first-order valence-corrected chi connectivity index (χ1v) is 4.60. The lowest BCUT2D eigenvalue weighted by Crippen LogP contribution is -2.23. The average Bonchev–Trinajstić information content (AvgIpc) is 2.06. The van der Waals surface area contributed by atoms with E-state index in [1.54, 1.807) is 0 Å². The molecular weight excluding hydrogens is 171 g/mol. The Balaban J connectivity index is 0.00000144. The first kappa shape index (κ1) is 12.8. The van der Waals surface area contributed by atoms with Gasteiger partial charge >= 0.3 is 0 Å². The normalized spacial score (nSPS) is 11.2. The zero-order chi connectivity index (χ0) is 9.19. The van der Waals surface area contributed by atoms with Crippen LogP contribution in [0.25, 0.3) is 0 Å². The van der Waals surface area contributed by atoms with E-state index in [9.17, 15) is 0 Å². The van der Waals surface area contributed by atoms with Crippen molar-refractivity contribution in [2.24, 2.45) is 5.92 Å². The monoisotopic (exact) mass is 192 g/mol. The first-order valence-electron chi connectivity index (χ1n) is 4.60. The Hall–Kier alpha value is -0.248. The molecule has 0 unspecified atom stereocenters. The van der Waals surface area contributed by atoms with Gasteiger partial charge in [0.1, 0.15) is 0 Å². The summed E-state index contributed by atoms with van der Waals surface area (Å²) in [5.74, 6) is 0.680. The summed E-state index contributed by atoms with van der Waals surface area (Å²) in [6.07, 6.45) is 0. The van der Waals surface area contributed by atoms with Gasteiger partial charge in [-0.25, -0.2) is 0 Å². The Morgan fingerprint density at radius 3 is 1.85 bits per heavy atom. The topological polar surface area (TPSA) is 0 Å². The highest BCUT2D eigenvalue weighted by Gasteiger charge is 2.23. The highest BCUT2D eigenvalue weighted by molar-refractivity contribution is 5.75. The number of hydrogen-bond donors (Lipinski definition) is 0. The van der Waals surface area contributed by atoms with E-state index in [1.165, 1.54) is 5.56 Å². The minimum Gasteiger partial charge on any atom is -0.0622 e. The predicted octanol–water partition coefficient (Wildman–Crippen LogP) is 2.44. The van der Waals surface area contributed by atoms with Gasteiger partial charge in [0.25, 0.3) is 0 Å². The van der Waals surface area contributed by atoms with E-state index < -0.39 is 0 Å². The molecule has 0 fully saturated rings. The highest BCUT2D eigenvalue weighted by Crippen LogP contribution is 2.30. The average molecular weight is 192 g/mol. The van der Waals surface area contributed by atoms with Crippen LogP contribution < -0.4 is 0 Å². The lowest BCUT2D eigenvalue weighted by atomic mass is 9.75. The number of rotatable bonds is 2.